The van der Waals surface area contributed by atoms with E-state index in [2.05, 4.69) is 15.2 Å². The first kappa shape index (κ1) is 28.6. The van der Waals surface area contributed by atoms with E-state index in [0.29, 0.717) is 57.6 Å². The van der Waals surface area contributed by atoms with Crippen LogP contribution >= 0.6 is 0 Å². The zero-order chi connectivity index (χ0) is 28.2. The van der Waals surface area contributed by atoms with Crippen LogP contribution in [0.25, 0.3) is 10.9 Å². The quantitative estimate of drug-likeness (QED) is 0.169. The highest BCUT2D eigenvalue weighted by Crippen LogP contribution is 2.40. The van der Waals surface area contributed by atoms with Gasteiger partial charge in [0.1, 0.15) is 5.75 Å². The van der Waals surface area contributed by atoms with Crippen LogP contribution in [-0.4, -0.2) is 59.4 Å². The lowest BCUT2D eigenvalue weighted by Gasteiger charge is -2.40. The highest BCUT2D eigenvalue weighted by molar-refractivity contribution is 5.85. The summed E-state index contributed by atoms with van der Waals surface area (Å²) in [4.78, 5) is 19.3. The molecule has 1 aromatic heterocycles. The number of benzene rings is 2. The van der Waals surface area contributed by atoms with Gasteiger partial charge in [-0.05, 0) is 75.0 Å². The van der Waals surface area contributed by atoms with Gasteiger partial charge in [-0.25, -0.2) is 18.7 Å². The molecule has 4 rings (SSSR count). The molecular weight excluding hydrogens is 513 g/mol. The number of aromatic nitrogens is 1. The van der Waals surface area contributed by atoms with E-state index in [1.54, 1.807) is 19.4 Å². The third-order valence-corrected chi connectivity index (χ3v) is 7.68. The van der Waals surface area contributed by atoms with Crippen LogP contribution in [0, 0.1) is 29.8 Å². The molecule has 0 bridgehead atoms. The number of methoxy groups -OCH3 is 1. The van der Waals surface area contributed by atoms with Gasteiger partial charge < -0.3 is 20.1 Å². The van der Waals surface area contributed by atoms with Gasteiger partial charge >= 0.3 is 0 Å². The number of carbonyl (C=O) groups is 1. The second kappa shape index (κ2) is 12.2. The van der Waals surface area contributed by atoms with Gasteiger partial charge in [-0.3, -0.25) is 15.0 Å². The molecule has 1 saturated heterocycles. The van der Waals surface area contributed by atoms with Gasteiger partial charge in [0.05, 0.1) is 24.1 Å². The predicted molar refractivity (Wildman–Crippen MR) is 140 cm³/mol. The number of anilines is 1. The number of carbonyl (C=O) groups excluding carboxylic acids is 1. The number of aryl methyl sites for hydroxylation is 1. The van der Waals surface area contributed by atoms with Crippen LogP contribution in [0.3, 0.4) is 0 Å². The Hall–Kier alpha value is -3.41. The monoisotopic (exact) mass is 546 g/mol. The highest BCUT2D eigenvalue weighted by atomic mass is 19.2. The van der Waals surface area contributed by atoms with Crippen LogP contribution in [0.15, 0.2) is 36.5 Å². The Morgan fingerprint density at radius 3 is 2.51 bits per heavy atom. The summed E-state index contributed by atoms with van der Waals surface area (Å²) in [6.45, 7) is 3.86. The molecule has 2 aromatic carbocycles. The molecular formula is C28H33F3N4O4. The summed E-state index contributed by atoms with van der Waals surface area (Å²) in [6, 6.07) is 7.28. The first-order valence-corrected chi connectivity index (χ1v) is 12.8. The third kappa shape index (κ3) is 6.26. The maximum absolute atomic E-state index is 13.4. The number of aliphatic hydroxyl groups is 1. The predicted octanol–water partition coefficient (Wildman–Crippen LogP) is 4.48. The minimum atomic E-state index is -1.51. The molecule has 1 aliphatic heterocycles. The molecule has 2 heterocycles. The summed E-state index contributed by atoms with van der Waals surface area (Å²) in [5.74, 6) is -3.86. The zero-order valence-corrected chi connectivity index (χ0v) is 21.9. The van der Waals surface area contributed by atoms with Crippen molar-refractivity contribution in [2.75, 3.05) is 38.6 Å². The van der Waals surface area contributed by atoms with E-state index in [9.17, 15) is 28.3 Å². The Balaban J connectivity index is 1.39. The topological polar surface area (TPSA) is 107 Å². The Bertz CT molecular complexity index is 1310. The van der Waals surface area contributed by atoms with Crippen LogP contribution in [-0.2, 0) is 4.79 Å². The SMILES string of the molecule is COc1ccc2ncc(C)c(C(O)CCC3(C(=O)NO)CCN(CCNc4cc(F)c(F)c(F)c4)CC3)c2c1. The van der Waals surface area contributed by atoms with Gasteiger partial charge in [-0.2, -0.15) is 0 Å². The number of piperidine rings is 1. The number of hydroxylamine groups is 1. The molecule has 1 fully saturated rings. The lowest BCUT2D eigenvalue weighted by molar-refractivity contribution is -0.143. The van der Waals surface area contributed by atoms with Crippen molar-refractivity contribution >= 4 is 22.5 Å². The van der Waals surface area contributed by atoms with Crippen LogP contribution < -0.4 is 15.5 Å². The van der Waals surface area contributed by atoms with Crippen molar-refractivity contribution in [3.8, 4) is 5.75 Å². The first-order valence-electron chi connectivity index (χ1n) is 12.8. The van der Waals surface area contributed by atoms with E-state index < -0.39 is 34.9 Å². The Kier molecular flexibility index (Phi) is 8.94. The molecule has 0 radical (unpaired) electrons. The maximum Gasteiger partial charge on any atom is 0.249 e. The van der Waals surface area contributed by atoms with Gasteiger partial charge in [0, 0.05) is 42.5 Å². The molecule has 8 nitrogen and oxygen atoms in total. The van der Waals surface area contributed by atoms with E-state index in [1.807, 2.05) is 24.5 Å². The number of fused-ring (bicyclic) bond motifs is 1. The lowest BCUT2D eigenvalue weighted by atomic mass is 9.73. The number of likely N-dealkylation sites (tertiary alicyclic amines) is 1. The van der Waals surface area contributed by atoms with Crippen molar-refractivity contribution in [2.45, 2.75) is 38.7 Å². The van der Waals surface area contributed by atoms with E-state index >= 15 is 0 Å². The van der Waals surface area contributed by atoms with Gasteiger partial charge in [-0.1, -0.05) is 0 Å². The number of pyridine rings is 1. The molecule has 4 N–H and O–H groups in total. The average molecular weight is 547 g/mol. The molecule has 3 aromatic rings. The minimum absolute atomic E-state index is 0.142. The number of hydrogen-bond donors (Lipinski definition) is 4. The summed E-state index contributed by atoms with van der Waals surface area (Å²) in [5.41, 5.74) is 3.37. The van der Waals surface area contributed by atoms with Gasteiger partial charge in [0.2, 0.25) is 5.91 Å². The summed E-state index contributed by atoms with van der Waals surface area (Å²) >= 11 is 0. The first-order chi connectivity index (χ1) is 18.7. The van der Waals surface area contributed by atoms with E-state index in [4.69, 9.17) is 4.74 Å². The summed E-state index contributed by atoms with van der Waals surface area (Å²) in [7, 11) is 1.57. The maximum atomic E-state index is 13.4. The second-order valence-corrected chi connectivity index (χ2v) is 10.0. The van der Waals surface area contributed by atoms with E-state index in [-0.39, 0.29) is 5.69 Å². The average Bonchev–Trinajstić information content (AvgIpc) is 2.94. The molecule has 1 amide bonds. The molecule has 1 aliphatic rings. The molecule has 1 unspecified atom stereocenters. The van der Waals surface area contributed by atoms with Crippen molar-refractivity contribution in [1.82, 2.24) is 15.4 Å². The van der Waals surface area contributed by atoms with Crippen LogP contribution in [0.1, 0.15) is 42.9 Å². The molecule has 210 valence electrons. The number of amides is 1. The number of nitrogens with zero attached hydrogens (tertiary/aromatic N) is 2. The second-order valence-electron chi connectivity index (χ2n) is 10.0. The smallest absolute Gasteiger partial charge is 0.249 e. The fourth-order valence-electron chi connectivity index (χ4n) is 5.35. The molecule has 11 heteroatoms. The Morgan fingerprint density at radius 2 is 1.87 bits per heavy atom. The van der Waals surface area contributed by atoms with Crippen LogP contribution in [0.5, 0.6) is 5.75 Å². The van der Waals surface area contributed by atoms with E-state index in [0.717, 1.165) is 34.2 Å². The van der Waals surface area contributed by atoms with Crippen molar-refractivity contribution in [1.29, 1.82) is 0 Å². The number of rotatable bonds is 10. The normalized spacial score (nSPS) is 16.2. The molecule has 39 heavy (non-hydrogen) atoms. The van der Waals surface area contributed by atoms with Crippen molar-refractivity contribution in [3.05, 3.63) is 65.1 Å². The molecule has 0 aliphatic carbocycles. The Labute approximate surface area is 224 Å². The zero-order valence-electron chi connectivity index (χ0n) is 21.9. The molecule has 0 spiro atoms. The minimum Gasteiger partial charge on any atom is -0.497 e. The van der Waals surface area contributed by atoms with Gasteiger partial charge in [-0.15, -0.1) is 0 Å². The van der Waals surface area contributed by atoms with Crippen molar-refractivity contribution in [2.24, 2.45) is 5.41 Å². The van der Waals surface area contributed by atoms with Crippen LogP contribution in [0.2, 0.25) is 0 Å². The largest absolute Gasteiger partial charge is 0.497 e. The van der Waals surface area contributed by atoms with Crippen molar-refractivity contribution < 1.29 is 33.0 Å². The fraction of sp³-hybridized carbons (Fsp3) is 0.429. The summed E-state index contributed by atoms with van der Waals surface area (Å²) in [5, 5.41) is 24.4. The number of aliphatic hydroxyl groups excluding tert-OH is 1. The molecule has 1 atom stereocenters. The summed E-state index contributed by atoms with van der Waals surface area (Å²) in [6.07, 6.45) is 2.42. The third-order valence-electron chi connectivity index (χ3n) is 7.68. The fourth-order valence-corrected chi connectivity index (χ4v) is 5.35. The number of nitrogens with one attached hydrogen (secondary N) is 2. The van der Waals surface area contributed by atoms with Crippen LogP contribution in [0.4, 0.5) is 18.9 Å². The van der Waals surface area contributed by atoms with E-state index in [1.165, 1.54) is 0 Å². The summed E-state index contributed by atoms with van der Waals surface area (Å²) < 4.78 is 45.4. The molecule has 0 saturated carbocycles. The lowest BCUT2D eigenvalue weighted by Crippen LogP contribution is -2.49. The van der Waals surface area contributed by atoms with Gasteiger partial charge in [0.25, 0.3) is 0 Å². The van der Waals surface area contributed by atoms with Gasteiger partial charge in [0.15, 0.2) is 17.5 Å². The standard InChI is InChI=1S/C28H33F3N4O4/c1-17-16-33-23-4-3-19(39-2)15-20(23)25(17)24(36)5-6-28(27(37)34-38)7-10-35(11-8-28)12-9-32-18-13-21(29)26(31)22(30)14-18/h3-4,13-16,24,32,36,38H,5-12H2,1-2H3,(H,34,37). The van der Waals surface area contributed by atoms with Crippen molar-refractivity contribution in [3.63, 3.8) is 0 Å². The highest BCUT2D eigenvalue weighted by Gasteiger charge is 2.41. The Morgan fingerprint density at radius 1 is 1.18 bits per heavy atom. The number of ether oxygens (including phenoxy) is 1. The number of hydrogen-bond acceptors (Lipinski definition) is 7. The number of halogens is 3.